The van der Waals surface area contributed by atoms with Crippen LogP contribution in [-0.4, -0.2) is 30.8 Å². The molecule has 0 spiro atoms. The fraction of sp³-hybridized carbons (Fsp3) is 1.00. The lowest BCUT2D eigenvalue weighted by Crippen LogP contribution is -2.39. The molecule has 0 aromatic carbocycles. The first-order valence-electron chi connectivity index (χ1n) is 3.92. The van der Waals surface area contributed by atoms with Gasteiger partial charge in [-0.1, -0.05) is 0 Å². The third kappa shape index (κ3) is 2.25. The minimum atomic E-state index is 0.212. The van der Waals surface area contributed by atoms with Crippen molar-refractivity contribution in [3.63, 3.8) is 0 Å². The molecule has 0 heterocycles. The van der Waals surface area contributed by atoms with Crippen molar-refractivity contribution in [3.05, 3.63) is 0 Å². The topological polar surface area (TPSA) is 58.3 Å². The largest absolute Gasteiger partial charge is 0.395 e. The van der Waals surface area contributed by atoms with E-state index in [1.165, 1.54) is 12.8 Å². The summed E-state index contributed by atoms with van der Waals surface area (Å²) >= 11 is 0. The van der Waals surface area contributed by atoms with Gasteiger partial charge in [0.25, 0.3) is 0 Å². The molecular formula is C7H16N2O. The summed E-state index contributed by atoms with van der Waals surface area (Å²) in [5.74, 6) is 0.788. The SMILES string of the molecule is NCC(NCCO)C1CC1. The average Bonchev–Trinajstić information content (AvgIpc) is 2.73. The Bertz CT molecular complexity index is 93.6. The van der Waals surface area contributed by atoms with Crippen molar-refractivity contribution in [3.8, 4) is 0 Å². The van der Waals surface area contributed by atoms with Crippen LogP contribution in [0.1, 0.15) is 12.8 Å². The van der Waals surface area contributed by atoms with Gasteiger partial charge in [-0.05, 0) is 18.8 Å². The lowest BCUT2D eigenvalue weighted by Gasteiger charge is -2.14. The van der Waals surface area contributed by atoms with Gasteiger partial charge < -0.3 is 16.2 Å². The average molecular weight is 144 g/mol. The summed E-state index contributed by atoms with van der Waals surface area (Å²) in [7, 11) is 0. The predicted octanol–water partition coefficient (Wildman–Crippen LogP) is -0.694. The predicted molar refractivity (Wildman–Crippen MR) is 40.7 cm³/mol. The fourth-order valence-corrected chi connectivity index (χ4v) is 1.19. The Labute approximate surface area is 61.6 Å². The van der Waals surface area contributed by atoms with Crippen molar-refractivity contribution in [2.45, 2.75) is 18.9 Å². The first kappa shape index (κ1) is 7.98. The van der Waals surface area contributed by atoms with E-state index in [1.807, 2.05) is 0 Å². The molecule has 1 unspecified atom stereocenters. The maximum absolute atomic E-state index is 8.51. The molecule has 4 N–H and O–H groups in total. The Balaban J connectivity index is 2.07. The molecule has 1 aliphatic carbocycles. The minimum absolute atomic E-state index is 0.212. The lowest BCUT2D eigenvalue weighted by atomic mass is 10.2. The molecule has 0 aromatic heterocycles. The standard InChI is InChI=1S/C7H16N2O/c8-5-7(6-1-2-6)9-3-4-10/h6-7,9-10H,1-5,8H2. The van der Waals surface area contributed by atoms with Gasteiger partial charge in [0.05, 0.1) is 6.61 Å². The van der Waals surface area contributed by atoms with Crippen molar-refractivity contribution in [2.24, 2.45) is 11.7 Å². The van der Waals surface area contributed by atoms with Crippen LogP contribution in [0.5, 0.6) is 0 Å². The smallest absolute Gasteiger partial charge is 0.0556 e. The van der Waals surface area contributed by atoms with E-state index in [-0.39, 0.29) is 6.61 Å². The first-order chi connectivity index (χ1) is 4.88. The summed E-state index contributed by atoms with van der Waals surface area (Å²) in [6.45, 7) is 1.59. The number of hydrogen-bond donors (Lipinski definition) is 3. The van der Waals surface area contributed by atoms with Crippen molar-refractivity contribution in [1.82, 2.24) is 5.32 Å². The van der Waals surface area contributed by atoms with Crippen LogP contribution in [-0.2, 0) is 0 Å². The summed E-state index contributed by atoms with van der Waals surface area (Å²) in [5, 5.41) is 11.7. The zero-order valence-corrected chi connectivity index (χ0v) is 6.21. The van der Waals surface area contributed by atoms with E-state index in [1.54, 1.807) is 0 Å². The van der Waals surface area contributed by atoms with E-state index in [4.69, 9.17) is 10.8 Å². The Hall–Kier alpha value is -0.120. The first-order valence-corrected chi connectivity index (χ1v) is 3.92. The number of rotatable bonds is 5. The van der Waals surface area contributed by atoms with Gasteiger partial charge in [-0.15, -0.1) is 0 Å². The summed E-state index contributed by atoms with van der Waals surface area (Å²) in [6.07, 6.45) is 2.61. The Kier molecular flexibility index (Phi) is 3.12. The van der Waals surface area contributed by atoms with E-state index in [0.717, 1.165) is 5.92 Å². The third-order valence-corrected chi connectivity index (χ3v) is 1.96. The van der Waals surface area contributed by atoms with Crippen LogP contribution in [0.25, 0.3) is 0 Å². The second kappa shape index (κ2) is 3.91. The van der Waals surface area contributed by atoms with Crippen molar-refractivity contribution in [2.75, 3.05) is 19.7 Å². The van der Waals surface area contributed by atoms with Crippen molar-refractivity contribution < 1.29 is 5.11 Å². The van der Waals surface area contributed by atoms with E-state index in [9.17, 15) is 0 Å². The monoisotopic (exact) mass is 144 g/mol. The highest BCUT2D eigenvalue weighted by Gasteiger charge is 2.29. The molecule has 0 amide bonds. The van der Waals surface area contributed by atoms with Crippen molar-refractivity contribution in [1.29, 1.82) is 0 Å². The highest BCUT2D eigenvalue weighted by atomic mass is 16.3. The van der Waals surface area contributed by atoms with Crippen molar-refractivity contribution >= 4 is 0 Å². The summed E-state index contributed by atoms with van der Waals surface area (Å²) in [5.41, 5.74) is 5.51. The Morgan fingerprint density at radius 1 is 1.60 bits per heavy atom. The second-order valence-electron chi connectivity index (χ2n) is 2.86. The van der Waals surface area contributed by atoms with Gasteiger partial charge in [0, 0.05) is 19.1 Å². The number of nitrogens with two attached hydrogens (primary N) is 1. The molecule has 1 saturated carbocycles. The van der Waals surface area contributed by atoms with Gasteiger partial charge in [-0.3, -0.25) is 0 Å². The van der Waals surface area contributed by atoms with Crippen LogP contribution in [0, 0.1) is 5.92 Å². The number of aliphatic hydroxyl groups is 1. The Morgan fingerprint density at radius 3 is 2.70 bits per heavy atom. The zero-order chi connectivity index (χ0) is 7.40. The molecule has 3 heteroatoms. The molecule has 60 valence electrons. The van der Waals surface area contributed by atoms with Gasteiger partial charge in [0.1, 0.15) is 0 Å². The van der Waals surface area contributed by atoms with Gasteiger partial charge >= 0.3 is 0 Å². The molecule has 10 heavy (non-hydrogen) atoms. The number of aliphatic hydroxyl groups excluding tert-OH is 1. The van der Waals surface area contributed by atoms with E-state index in [0.29, 0.717) is 19.1 Å². The Morgan fingerprint density at radius 2 is 2.30 bits per heavy atom. The number of hydrogen-bond acceptors (Lipinski definition) is 3. The molecular weight excluding hydrogens is 128 g/mol. The fourth-order valence-electron chi connectivity index (χ4n) is 1.19. The maximum Gasteiger partial charge on any atom is 0.0556 e. The zero-order valence-electron chi connectivity index (χ0n) is 6.21. The van der Waals surface area contributed by atoms with Crippen LogP contribution >= 0.6 is 0 Å². The molecule has 1 rings (SSSR count). The molecule has 3 nitrogen and oxygen atoms in total. The van der Waals surface area contributed by atoms with Gasteiger partial charge in [0.15, 0.2) is 0 Å². The van der Waals surface area contributed by atoms with Gasteiger partial charge in [-0.25, -0.2) is 0 Å². The minimum Gasteiger partial charge on any atom is -0.395 e. The molecule has 1 atom stereocenters. The normalized spacial score (nSPS) is 21.0. The summed E-state index contributed by atoms with van der Waals surface area (Å²) in [6, 6.07) is 0.451. The molecule has 0 aliphatic heterocycles. The van der Waals surface area contributed by atoms with Gasteiger partial charge in [-0.2, -0.15) is 0 Å². The molecule has 1 aliphatic rings. The van der Waals surface area contributed by atoms with Crippen LogP contribution < -0.4 is 11.1 Å². The quantitative estimate of drug-likeness (QED) is 0.478. The maximum atomic E-state index is 8.51. The molecule has 0 aromatic rings. The van der Waals surface area contributed by atoms with E-state index in [2.05, 4.69) is 5.32 Å². The van der Waals surface area contributed by atoms with Crippen LogP contribution in [0.2, 0.25) is 0 Å². The highest BCUT2D eigenvalue weighted by Crippen LogP contribution is 2.31. The van der Waals surface area contributed by atoms with Crippen LogP contribution in [0.3, 0.4) is 0 Å². The molecule has 0 radical (unpaired) electrons. The van der Waals surface area contributed by atoms with E-state index < -0.39 is 0 Å². The van der Waals surface area contributed by atoms with Crippen LogP contribution in [0.15, 0.2) is 0 Å². The van der Waals surface area contributed by atoms with Crippen LogP contribution in [0.4, 0.5) is 0 Å². The van der Waals surface area contributed by atoms with E-state index >= 15 is 0 Å². The molecule has 0 saturated heterocycles. The molecule has 0 bridgehead atoms. The summed E-state index contributed by atoms with van der Waals surface area (Å²) < 4.78 is 0. The lowest BCUT2D eigenvalue weighted by molar-refractivity contribution is 0.281. The molecule has 1 fully saturated rings. The third-order valence-electron chi connectivity index (χ3n) is 1.96. The van der Waals surface area contributed by atoms with Gasteiger partial charge in [0.2, 0.25) is 0 Å². The summed E-state index contributed by atoms with van der Waals surface area (Å²) in [4.78, 5) is 0. The number of nitrogens with one attached hydrogen (secondary N) is 1. The highest BCUT2D eigenvalue weighted by molar-refractivity contribution is 4.86. The second-order valence-corrected chi connectivity index (χ2v) is 2.86.